The lowest BCUT2D eigenvalue weighted by atomic mass is 10.1. The van der Waals surface area contributed by atoms with Crippen LogP contribution in [-0.2, 0) is 13.1 Å². The predicted octanol–water partition coefficient (Wildman–Crippen LogP) is 1.60. The molecule has 2 aromatic rings. The number of fused-ring (bicyclic) bond motifs is 1. The third-order valence-electron chi connectivity index (χ3n) is 3.32. The monoisotopic (exact) mass is 272 g/mol. The molecule has 2 heterocycles. The van der Waals surface area contributed by atoms with Crippen molar-refractivity contribution in [3.63, 3.8) is 0 Å². The number of hydrogen-bond acceptors (Lipinski definition) is 6. The van der Waals surface area contributed by atoms with Gasteiger partial charge in [-0.2, -0.15) is 9.97 Å². The lowest BCUT2D eigenvalue weighted by Crippen LogP contribution is -2.18. The maximum atomic E-state index is 5.82. The third-order valence-corrected chi connectivity index (χ3v) is 3.32. The van der Waals surface area contributed by atoms with Crippen molar-refractivity contribution >= 4 is 11.6 Å². The number of nitrogens with zero attached hydrogens (tertiary/aromatic N) is 3. The van der Waals surface area contributed by atoms with Crippen LogP contribution in [0.25, 0.3) is 0 Å². The van der Waals surface area contributed by atoms with E-state index in [1.165, 1.54) is 11.1 Å². The highest BCUT2D eigenvalue weighted by Gasteiger charge is 2.22. The fraction of sp³-hybridized carbons (Fsp3) is 0.286. The average Bonchev–Trinajstić information content (AvgIpc) is 2.89. The Bertz CT molecular complexity index is 623. The van der Waals surface area contributed by atoms with E-state index in [4.69, 9.17) is 15.2 Å². The number of ether oxygens (including phenoxy) is 2. The van der Waals surface area contributed by atoms with E-state index in [-0.39, 0.29) is 0 Å². The molecule has 6 heteroatoms. The van der Waals surface area contributed by atoms with Crippen molar-refractivity contribution in [2.75, 3.05) is 24.9 Å². The van der Waals surface area contributed by atoms with Crippen molar-refractivity contribution < 1.29 is 9.47 Å². The summed E-state index contributed by atoms with van der Waals surface area (Å²) in [5.41, 5.74) is 9.03. The molecule has 20 heavy (non-hydrogen) atoms. The van der Waals surface area contributed by atoms with Crippen LogP contribution in [0.15, 0.2) is 24.3 Å². The zero-order chi connectivity index (χ0) is 14.1. The lowest BCUT2D eigenvalue weighted by molar-refractivity contribution is 0.371. The Morgan fingerprint density at radius 1 is 1.00 bits per heavy atom. The van der Waals surface area contributed by atoms with Crippen molar-refractivity contribution in [3.8, 4) is 11.8 Å². The summed E-state index contributed by atoms with van der Waals surface area (Å²) in [6.07, 6.45) is 0. The molecule has 1 aromatic carbocycles. The minimum atomic E-state index is 0.488. The zero-order valence-electron chi connectivity index (χ0n) is 11.5. The first kappa shape index (κ1) is 12.5. The molecule has 3 rings (SSSR count). The molecule has 0 amide bonds. The molecule has 0 saturated heterocycles. The van der Waals surface area contributed by atoms with Crippen molar-refractivity contribution in [2.45, 2.75) is 13.1 Å². The number of aromatic nitrogens is 2. The van der Waals surface area contributed by atoms with Crippen LogP contribution in [0, 0.1) is 0 Å². The van der Waals surface area contributed by atoms with Gasteiger partial charge in [0.05, 0.1) is 20.3 Å². The Morgan fingerprint density at radius 3 is 2.30 bits per heavy atom. The second kappa shape index (κ2) is 4.88. The largest absolute Gasteiger partial charge is 0.481 e. The summed E-state index contributed by atoms with van der Waals surface area (Å²) >= 11 is 0. The van der Waals surface area contributed by atoms with Crippen LogP contribution in [0.3, 0.4) is 0 Å². The summed E-state index contributed by atoms with van der Waals surface area (Å²) in [6, 6.07) is 7.61. The van der Waals surface area contributed by atoms with Crippen molar-refractivity contribution in [2.24, 2.45) is 0 Å². The molecule has 104 valence electrons. The highest BCUT2D eigenvalue weighted by Crippen LogP contribution is 2.29. The standard InChI is InChI=1S/C14H16N4O2/c1-19-12-6-13(20-2)17-14(16-12)18-7-9-3-4-11(15)5-10(9)8-18/h3-6H,7-8,15H2,1-2H3. The quantitative estimate of drug-likeness (QED) is 0.855. The summed E-state index contributed by atoms with van der Waals surface area (Å²) in [5, 5.41) is 0. The van der Waals surface area contributed by atoms with Gasteiger partial charge < -0.3 is 20.1 Å². The molecule has 0 spiro atoms. The zero-order valence-corrected chi connectivity index (χ0v) is 11.5. The van der Waals surface area contributed by atoms with Crippen LogP contribution < -0.4 is 20.1 Å². The molecule has 0 radical (unpaired) electrons. The molecular weight excluding hydrogens is 256 g/mol. The number of methoxy groups -OCH3 is 2. The summed E-state index contributed by atoms with van der Waals surface area (Å²) in [4.78, 5) is 10.8. The van der Waals surface area contributed by atoms with Crippen LogP contribution in [0.2, 0.25) is 0 Å². The van der Waals surface area contributed by atoms with Gasteiger partial charge in [0.25, 0.3) is 0 Å². The maximum absolute atomic E-state index is 5.82. The molecule has 0 atom stereocenters. The number of nitrogen functional groups attached to an aromatic ring is 1. The van der Waals surface area contributed by atoms with Crippen LogP contribution >= 0.6 is 0 Å². The van der Waals surface area contributed by atoms with Crippen molar-refractivity contribution in [1.29, 1.82) is 0 Å². The van der Waals surface area contributed by atoms with E-state index in [9.17, 15) is 0 Å². The first-order valence-corrected chi connectivity index (χ1v) is 6.29. The fourth-order valence-electron chi connectivity index (χ4n) is 2.30. The van der Waals surface area contributed by atoms with Gasteiger partial charge in [0.2, 0.25) is 17.7 Å². The predicted molar refractivity (Wildman–Crippen MR) is 75.9 cm³/mol. The van der Waals surface area contributed by atoms with Crippen LogP contribution in [0.1, 0.15) is 11.1 Å². The topological polar surface area (TPSA) is 73.5 Å². The molecule has 2 N–H and O–H groups in total. The molecule has 1 aromatic heterocycles. The third kappa shape index (κ3) is 2.20. The Hall–Kier alpha value is -2.50. The molecule has 1 aliphatic heterocycles. The first-order valence-electron chi connectivity index (χ1n) is 6.29. The number of nitrogens with two attached hydrogens (primary N) is 1. The minimum absolute atomic E-state index is 0.488. The Labute approximate surface area is 117 Å². The summed E-state index contributed by atoms with van der Waals surface area (Å²) in [7, 11) is 3.15. The van der Waals surface area contributed by atoms with E-state index < -0.39 is 0 Å². The Morgan fingerprint density at radius 2 is 1.65 bits per heavy atom. The number of hydrogen-bond donors (Lipinski definition) is 1. The molecular formula is C14H16N4O2. The molecule has 1 aliphatic rings. The van der Waals surface area contributed by atoms with Gasteiger partial charge >= 0.3 is 0 Å². The van der Waals surface area contributed by atoms with E-state index in [1.54, 1.807) is 20.3 Å². The van der Waals surface area contributed by atoms with Crippen molar-refractivity contribution in [3.05, 3.63) is 35.4 Å². The summed E-state index contributed by atoms with van der Waals surface area (Å²) < 4.78 is 10.4. The van der Waals surface area contributed by atoms with Gasteiger partial charge in [0, 0.05) is 18.8 Å². The van der Waals surface area contributed by atoms with Gasteiger partial charge in [-0.3, -0.25) is 0 Å². The average molecular weight is 272 g/mol. The highest BCUT2D eigenvalue weighted by molar-refractivity contribution is 5.51. The second-order valence-corrected chi connectivity index (χ2v) is 4.64. The summed E-state index contributed by atoms with van der Waals surface area (Å²) in [6.45, 7) is 1.49. The number of benzene rings is 1. The van der Waals surface area contributed by atoms with Crippen LogP contribution in [0.5, 0.6) is 11.8 Å². The SMILES string of the molecule is COc1cc(OC)nc(N2Cc3ccc(N)cc3C2)n1. The molecule has 0 aliphatic carbocycles. The van der Waals surface area contributed by atoms with Gasteiger partial charge in [-0.05, 0) is 23.3 Å². The van der Waals surface area contributed by atoms with Crippen molar-refractivity contribution in [1.82, 2.24) is 9.97 Å². The molecule has 6 nitrogen and oxygen atoms in total. The molecule has 0 saturated carbocycles. The van der Waals surface area contributed by atoms with E-state index in [0.717, 1.165) is 18.8 Å². The van der Waals surface area contributed by atoms with Gasteiger partial charge in [0.15, 0.2) is 0 Å². The lowest BCUT2D eigenvalue weighted by Gasteiger charge is -2.16. The smallest absolute Gasteiger partial charge is 0.232 e. The minimum Gasteiger partial charge on any atom is -0.481 e. The molecule has 0 fully saturated rings. The van der Waals surface area contributed by atoms with Gasteiger partial charge in [-0.1, -0.05) is 6.07 Å². The Kier molecular flexibility index (Phi) is 3.06. The van der Waals surface area contributed by atoms with Gasteiger partial charge in [-0.15, -0.1) is 0 Å². The molecule has 0 bridgehead atoms. The normalized spacial score (nSPS) is 13.2. The summed E-state index contributed by atoms with van der Waals surface area (Å²) in [5.74, 6) is 1.57. The highest BCUT2D eigenvalue weighted by atomic mass is 16.5. The van der Waals surface area contributed by atoms with E-state index >= 15 is 0 Å². The van der Waals surface area contributed by atoms with Crippen LogP contribution in [-0.4, -0.2) is 24.2 Å². The van der Waals surface area contributed by atoms with Gasteiger partial charge in [-0.25, -0.2) is 0 Å². The second-order valence-electron chi connectivity index (χ2n) is 4.64. The van der Waals surface area contributed by atoms with Crippen LogP contribution in [0.4, 0.5) is 11.6 Å². The van der Waals surface area contributed by atoms with Gasteiger partial charge in [0.1, 0.15) is 0 Å². The first-order chi connectivity index (χ1) is 9.69. The fourth-order valence-corrected chi connectivity index (χ4v) is 2.30. The number of anilines is 2. The van der Waals surface area contributed by atoms with E-state index in [1.807, 2.05) is 18.2 Å². The Balaban J connectivity index is 1.92. The van der Waals surface area contributed by atoms with E-state index in [2.05, 4.69) is 14.9 Å². The van der Waals surface area contributed by atoms with E-state index in [0.29, 0.717) is 17.7 Å². The number of rotatable bonds is 3. The molecule has 0 unspecified atom stereocenters. The maximum Gasteiger partial charge on any atom is 0.232 e.